The molecule has 0 aliphatic heterocycles. The molecule has 1 amide bonds. The summed E-state index contributed by atoms with van der Waals surface area (Å²) >= 11 is 9.27. The number of benzene rings is 1. The zero-order valence-electron chi connectivity index (χ0n) is 10.3. The van der Waals surface area contributed by atoms with Crippen molar-refractivity contribution in [1.29, 1.82) is 0 Å². The summed E-state index contributed by atoms with van der Waals surface area (Å²) in [5.74, 6) is -0.363. The van der Waals surface area contributed by atoms with Crippen LogP contribution in [0.1, 0.15) is 0 Å². The van der Waals surface area contributed by atoms with Crippen LogP contribution in [0, 0.1) is 0 Å². The smallest absolute Gasteiger partial charge is 0.251 e. The fourth-order valence-electron chi connectivity index (χ4n) is 1.61. The molecule has 0 aliphatic rings. The van der Waals surface area contributed by atoms with Crippen molar-refractivity contribution >= 4 is 44.8 Å². The van der Waals surface area contributed by atoms with Crippen molar-refractivity contribution in [1.82, 2.24) is 4.57 Å². The fourth-order valence-corrected chi connectivity index (χ4v) is 2.14. The summed E-state index contributed by atoms with van der Waals surface area (Å²) in [7, 11) is 0. The molecule has 0 bridgehead atoms. The number of aromatic nitrogens is 1. The minimum absolute atomic E-state index is 0.132. The molecule has 7 heteroatoms. The quantitative estimate of drug-likeness (QED) is 0.887. The van der Waals surface area contributed by atoms with E-state index in [2.05, 4.69) is 21.2 Å². The molecule has 0 saturated heterocycles. The van der Waals surface area contributed by atoms with Gasteiger partial charge in [-0.05, 0) is 24.3 Å². The van der Waals surface area contributed by atoms with E-state index in [-0.39, 0.29) is 18.0 Å². The van der Waals surface area contributed by atoms with E-state index in [0.717, 1.165) is 4.47 Å². The molecule has 2 aromatic rings. The van der Waals surface area contributed by atoms with Crippen molar-refractivity contribution in [2.24, 2.45) is 0 Å². The number of nitrogens with one attached hydrogen (secondary N) is 1. The summed E-state index contributed by atoms with van der Waals surface area (Å²) in [6, 6.07) is 7.91. The van der Waals surface area contributed by atoms with Crippen molar-refractivity contribution in [3.8, 4) is 0 Å². The molecule has 0 saturated carbocycles. The largest absolute Gasteiger partial charge is 0.398 e. The lowest BCUT2D eigenvalue weighted by Gasteiger charge is -2.09. The Bertz CT molecular complexity index is 715. The summed E-state index contributed by atoms with van der Waals surface area (Å²) in [5.41, 5.74) is 6.17. The highest BCUT2D eigenvalue weighted by Gasteiger charge is 2.08. The Balaban J connectivity index is 2.15. The standard InChI is InChI=1S/C13H11BrClN3O2/c14-8-1-3-10(15)11(5-8)17-12(19)7-18-6-9(16)2-4-13(18)20/h1-6H,7,16H2,(H,17,19). The first-order valence-corrected chi connectivity index (χ1v) is 6.83. The molecule has 2 rings (SSSR count). The summed E-state index contributed by atoms with van der Waals surface area (Å²) in [6.45, 7) is -0.132. The number of amides is 1. The molecule has 1 aromatic carbocycles. The number of anilines is 2. The van der Waals surface area contributed by atoms with E-state index in [1.54, 1.807) is 18.2 Å². The van der Waals surface area contributed by atoms with Gasteiger partial charge in [-0.2, -0.15) is 0 Å². The van der Waals surface area contributed by atoms with Crippen LogP contribution in [0.25, 0.3) is 0 Å². The number of carbonyl (C=O) groups is 1. The fraction of sp³-hybridized carbons (Fsp3) is 0.0769. The molecule has 0 atom stereocenters. The van der Waals surface area contributed by atoms with Crippen LogP contribution >= 0.6 is 27.5 Å². The lowest BCUT2D eigenvalue weighted by Crippen LogP contribution is -2.27. The zero-order valence-corrected chi connectivity index (χ0v) is 12.6. The van der Waals surface area contributed by atoms with Gasteiger partial charge in [-0.25, -0.2) is 0 Å². The third-order valence-electron chi connectivity index (χ3n) is 2.52. The van der Waals surface area contributed by atoms with E-state index in [0.29, 0.717) is 16.4 Å². The van der Waals surface area contributed by atoms with E-state index >= 15 is 0 Å². The second-order valence-corrected chi connectivity index (χ2v) is 5.42. The first-order valence-electron chi connectivity index (χ1n) is 5.66. The molecule has 0 radical (unpaired) electrons. The van der Waals surface area contributed by atoms with Gasteiger partial charge in [-0.15, -0.1) is 0 Å². The second-order valence-electron chi connectivity index (χ2n) is 4.10. The predicted molar refractivity (Wildman–Crippen MR) is 82.9 cm³/mol. The van der Waals surface area contributed by atoms with Gasteiger partial charge in [0.2, 0.25) is 5.91 Å². The average molecular weight is 357 g/mol. The lowest BCUT2D eigenvalue weighted by atomic mass is 10.3. The summed E-state index contributed by atoms with van der Waals surface area (Å²) in [4.78, 5) is 23.5. The van der Waals surface area contributed by atoms with Gasteiger partial charge in [0.1, 0.15) is 6.54 Å². The Kier molecular flexibility index (Phi) is 4.46. The highest BCUT2D eigenvalue weighted by atomic mass is 79.9. The maximum absolute atomic E-state index is 11.9. The van der Waals surface area contributed by atoms with Gasteiger partial charge >= 0.3 is 0 Å². The Labute approximate surface area is 128 Å². The third kappa shape index (κ3) is 3.61. The molecule has 0 aliphatic carbocycles. The SMILES string of the molecule is Nc1ccc(=O)n(CC(=O)Nc2cc(Br)ccc2Cl)c1. The predicted octanol–water partition coefficient (Wildman–Crippen LogP) is 2.49. The number of halogens is 2. The summed E-state index contributed by atoms with van der Waals surface area (Å²) in [6.07, 6.45) is 1.42. The molecule has 1 aromatic heterocycles. The Morgan fingerprint density at radius 3 is 2.85 bits per heavy atom. The van der Waals surface area contributed by atoms with Crippen LogP contribution in [0.2, 0.25) is 5.02 Å². The second kappa shape index (κ2) is 6.11. The Hall–Kier alpha value is -1.79. The zero-order chi connectivity index (χ0) is 14.7. The number of nitrogens with zero attached hydrogens (tertiary/aromatic N) is 1. The van der Waals surface area contributed by atoms with Crippen molar-refractivity contribution in [2.75, 3.05) is 11.1 Å². The van der Waals surface area contributed by atoms with Gasteiger partial charge < -0.3 is 15.6 Å². The Morgan fingerprint density at radius 2 is 2.10 bits per heavy atom. The van der Waals surface area contributed by atoms with E-state index in [1.165, 1.54) is 22.9 Å². The van der Waals surface area contributed by atoms with Gasteiger partial charge in [-0.3, -0.25) is 9.59 Å². The van der Waals surface area contributed by atoms with E-state index in [1.807, 2.05) is 0 Å². The van der Waals surface area contributed by atoms with Crippen LogP contribution in [-0.4, -0.2) is 10.5 Å². The van der Waals surface area contributed by atoms with Crippen molar-refractivity contribution in [2.45, 2.75) is 6.54 Å². The highest BCUT2D eigenvalue weighted by molar-refractivity contribution is 9.10. The van der Waals surface area contributed by atoms with E-state index < -0.39 is 0 Å². The van der Waals surface area contributed by atoms with Gasteiger partial charge in [0.25, 0.3) is 5.56 Å². The van der Waals surface area contributed by atoms with Gasteiger partial charge in [0.15, 0.2) is 0 Å². The van der Waals surface area contributed by atoms with Gasteiger partial charge in [0, 0.05) is 22.4 Å². The lowest BCUT2D eigenvalue weighted by molar-refractivity contribution is -0.116. The third-order valence-corrected chi connectivity index (χ3v) is 3.35. The molecular weight excluding hydrogens is 346 g/mol. The van der Waals surface area contributed by atoms with Crippen LogP contribution in [0.5, 0.6) is 0 Å². The summed E-state index contributed by atoms with van der Waals surface area (Å²) in [5, 5.41) is 3.06. The molecule has 0 fully saturated rings. The van der Waals surface area contributed by atoms with Crippen LogP contribution < -0.4 is 16.6 Å². The minimum Gasteiger partial charge on any atom is -0.398 e. The normalized spacial score (nSPS) is 10.3. The first-order chi connectivity index (χ1) is 9.45. The van der Waals surface area contributed by atoms with Crippen molar-refractivity contribution in [3.05, 3.63) is 56.4 Å². The maximum atomic E-state index is 11.9. The van der Waals surface area contributed by atoms with Crippen LogP contribution in [-0.2, 0) is 11.3 Å². The molecule has 0 unspecified atom stereocenters. The minimum atomic E-state index is -0.363. The van der Waals surface area contributed by atoms with Gasteiger partial charge in [-0.1, -0.05) is 27.5 Å². The van der Waals surface area contributed by atoms with Gasteiger partial charge in [0.05, 0.1) is 10.7 Å². The van der Waals surface area contributed by atoms with Crippen molar-refractivity contribution in [3.63, 3.8) is 0 Å². The van der Waals surface area contributed by atoms with E-state index in [9.17, 15) is 9.59 Å². The van der Waals surface area contributed by atoms with E-state index in [4.69, 9.17) is 17.3 Å². The number of carbonyl (C=O) groups excluding carboxylic acids is 1. The number of pyridine rings is 1. The molecule has 104 valence electrons. The number of rotatable bonds is 3. The number of hydrogen-bond acceptors (Lipinski definition) is 3. The molecule has 20 heavy (non-hydrogen) atoms. The number of nitrogen functional groups attached to an aromatic ring is 1. The summed E-state index contributed by atoms with van der Waals surface area (Å²) < 4.78 is 2.02. The Morgan fingerprint density at radius 1 is 1.35 bits per heavy atom. The van der Waals surface area contributed by atoms with Crippen LogP contribution in [0.3, 0.4) is 0 Å². The topological polar surface area (TPSA) is 77.1 Å². The number of nitrogens with two attached hydrogens (primary N) is 1. The molecule has 5 nitrogen and oxygen atoms in total. The molecule has 1 heterocycles. The first kappa shape index (κ1) is 14.6. The van der Waals surface area contributed by atoms with Crippen LogP contribution in [0.4, 0.5) is 11.4 Å². The molecular formula is C13H11BrClN3O2. The maximum Gasteiger partial charge on any atom is 0.251 e. The average Bonchev–Trinajstić information content (AvgIpc) is 2.38. The van der Waals surface area contributed by atoms with Crippen molar-refractivity contribution < 1.29 is 4.79 Å². The van der Waals surface area contributed by atoms with Crippen LogP contribution in [0.15, 0.2) is 45.8 Å². The monoisotopic (exact) mass is 355 g/mol. The highest BCUT2D eigenvalue weighted by Crippen LogP contribution is 2.25. The molecule has 0 spiro atoms. The number of hydrogen-bond donors (Lipinski definition) is 2. The molecule has 3 N–H and O–H groups in total.